The Labute approximate surface area is 99.0 Å². The molecule has 0 amide bonds. The molecule has 2 nitrogen and oxygen atoms in total. The van der Waals surface area contributed by atoms with Crippen molar-refractivity contribution in [3.8, 4) is 5.75 Å². The highest BCUT2D eigenvalue weighted by Gasteiger charge is 2.05. The monoisotopic (exact) mass is 221 g/mol. The molecular formula is C14H23NO. The third-order valence-corrected chi connectivity index (χ3v) is 2.55. The van der Waals surface area contributed by atoms with Crippen molar-refractivity contribution in [1.82, 2.24) is 5.32 Å². The molecule has 0 unspecified atom stereocenters. The van der Waals surface area contributed by atoms with Gasteiger partial charge in [0.2, 0.25) is 0 Å². The van der Waals surface area contributed by atoms with E-state index < -0.39 is 0 Å². The van der Waals surface area contributed by atoms with Crippen molar-refractivity contribution in [3.05, 3.63) is 29.3 Å². The van der Waals surface area contributed by atoms with Gasteiger partial charge in [0.15, 0.2) is 0 Å². The van der Waals surface area contributed by atoms with E-state index in [-0.39, 0.29) is 0 Å². The molecule has 0 saturated carbocycles. The summed E-state index contributed by atoms with van der Waals surface area (Å²) in [5, 5.41) is 3.34. The summed E-state index contributed by atoms with van der Waals surface area (Å²) in [6, 6.07) is 6.49. The maximum absolute atomic E-state index is 5.36. The van der Waals surface area contributed by atoms with Crippen LogP contribution >= 0.6 is 0 Å². The molecule has 0 saturated heterocycles. The predicted molar refractivity (Wildman–Crippen MR) is 68.9 cm³/mol. The fourth-order valence-electron chi connectivity index (χ4n) is 1.83. The van der Waals surface area contributed by atoms with Gasteiger partial charge in [0, 0.05) is 12.1 Å². The van der Waals surface area contributed by atoms with Crippen molar-refractivity contribution in [2.45, 2.75) is 33.7 Å². The van der Waals surface area contributed by atoms with Crippen molar-refractivity contribution in [2.24, 2.45) is 5.92 Å². The van der Waals surface area contributed by atoms with E-state index in [1.54, 1.807) is 7.11 Å². The van der Waals surface area contributed by atoms with Crippen LogP contribution in [-0.2, 0) is 13.0 Å². The van der Waals surface area contributed by atoms with Crippen LogP contribution in [0.15, 0.2) is 18.2 Å². The van der Waals surface area contributed by atoms with E-state index in [2.05, 4.69) is 44.3 Å². The first-order valence-corrected chi connectivity index (χ1v) is 6.03. The van der Waals surface area contributed by atoms with Gasteiger partial charge in [-0.2, -0.15) is 0 Å². The van der Waals surface area contributed by atoms with Crippen LogP contribution < -0.4 is 10.1 Å². The molecule has 2 heteroatoms. The Morgan fingerprint density at radius 1 is 1.31 bits per heavy atom. The minimum atomic E-state index is 0.695. The van der Waals surface area contributed by atoms with Gasteiger partial charge in [-0.1, -0.05) is 32.9 Å². The second-order valence-electron chi connectivity index (χ2n) is 4.52. The summed E-state index contributed by atoms with van der Waals surface area (Å²) in [6.45, 7) is 8.47. The third-order valence-electron chi connectivity index (χ3n) is 2.55. The van der Waals surface area contributed by atoms with Crippen LogP contribution in [0.1, 0.15) is 31.9 Å². The zero-order chi connectivity index (χ0) is 12.0. The molecule has 0 fully saturated rings. The number of methoxy groups -OCH3 is 1. The molecule has 1 N–H and O–H groups in total. The Morgan fingerprint density at radius 3 is 2.62 bits per heavy atom. The fourth-order valence-corrected chi connectivity index (χ4v) is 1.83. The van der Waals surface area contributed by atoms with Gasteiger partial charge in [-0.05, 0) is 30.5 Å². The number of hydrogen-bond donors (Lipinski definition) is 1. The molecule has 90 valence electrons. The maximum atomic E-state index is 5.36. The second kappa shape index (κ2) is 6.54. The zero-order valence-corrected chi connectivity index (χ0v) is 10.8. The fraction of sp³-hybridized carbons (Fsp3) is 0.571. The smallest absolute Gasteiger partial charge is 0.123 e. The summed E-state index contributed by atoms with van der Waals surface area (Å²) in [7, 11) is 1.73. The summed E-state index contributed by atoms with van der Waals surface area (Å²) in [5.74, 6) is 1.67. The Balaban J connectivity index is 2.83. The Kier molecular flexibility index (Phi) is 5.33. The molecule has 0 atom stereocenters. The lowest BCUT2D eigenvalue weighted by Gasteiger charge is -2.12. The van der Waals surface area contributed by atoms with E-state index in [1.807, 2.05) is 0 Å². The van der Waals surface area contributed by atoms with Crippen LogP contribution in [0, 0.1) is 5.92 Å². The van der Waals surface area contributed by atoms with Crippen molar-refractivity contribution >= 4 is 0 Å². The molecule has 0 heterocycles. The molecule has 0 bridgehead atoms. The molecule has 1 rings (SSSR count). The summed E-state index contributed by atoms with van der Waals surface area (Å²) < 4.78 is 5.36. The van der Waals surface area contributed by atoms with Gasteiger partial charge in [-0.25, -0.2) is 0 Å². The number of nitrogens with one attached hydrogen (secondary N) is 1. The van der Waals surface area contributed by atoms with E-state index in [0.29, 0.717) is 5.92 Å². The van der Waals surface area contributed by atoms with Crippen LogP contribution in [0.5, 0.6) is 5.75 Å². The molecule has 0 radical (unpaired) electrons. The molecule has 1 aromatic carbocycles. The van der Waals surface area contributed by atoms with Gasteiger partial charge >= 0.3 is 0 Å². The van der Waals surface area contributed by atoms with E-state index in [1.165, 1.54) is 11.1 Å². The Morgan fingerprint density at radius 2 is 2.06 bits per heavy atom. The molecule has 0 aliphatic rings. The van der Waals surface area contributed by atoms with Crippen molar-refractivity contribution in [2.75, 3.05) is 13.7 Å². The highest BCUT2D eigenvalue weighted by Crippen LogP contribution is 2.21. The van der Waals surface area contributed by atoms with Crippen molar-refractivity contribution in [3.63, 3.8) is 0 Å². The number of benzene rings is 1. The molecule has 1 aromatic rings. The lowest BCUT2D eigenvalue weighted by Crippen LogP contribution is -2.13. The van der Waals surface area contributed by atoms with Gasteiger partial charge in [-0.3, -0.25) is 0 Å². The van der Waals surface area contributed by atoms with Gasteiger partial charge in [0.25, 0.3) is 0 Å². The highest BCUT2D eigenvalue weighted by molar-refractivity contribution is 5.37. The van der Waals surface area contributed by atoms with Crippen LogP contribution in [0.4, 0.5) is 0 Å². The minimum absolute atomic E-state index is 0.695. The van der Waals surface area contributed by atoms with E-state index >= 15 is 0 Å². The molecule has 0 aromatic heterocycles. The molecule has 0 aliphatic heterocycles. The van der Waals surface area contributed by atoms with Crippen LogP contribution in [-0.4, -0.2) is 13.7 Å². The lowest BCUT2D eigenvalue weighted by molar-refractivity contribution is 0.407. The molecule has 0 aliphatic carbocycles. The Bertz CT molecular complexity index is 321. The standard InChI is InChI=1S/C14H23NO/c1-5-15-10-13-9-12(8-11(2)3)6-7-14(13)16-4/h6-7,9,11,15H,5,8,10H2,1-4H3. The van der Waals surface area contributed by atoms with Crippen LogP contribution in [0.3, 0.4) is 0 Å². The molecule has 16 heavy (non-hydrogen) atoms. The quantitative estimate of drug-likeness (QED) is 0.797. The normalized spacial score (nSPS) is 10.8. The number of ether oxygens (including phenoxy) is 1. The van der Waals surface area contributed by atoms with Crippen molar-refractivity contribution < 1.29 is 4.74 Å². The average Bonchev–Trinajstić information content (AvgIpc) is 2.25. The van der Waals surface area contributed by atoms with Gasteiger partial charge in [0.1, 0.15) is 5.75 Å². The van der Waals surface area contributed by atoms with Crippen LogP contribution in [0.25, 0.3) is 0 Å². The maximum Gasteiger partial charge on any atom is 0.123 e. The van der Waals surface area contributed by atoms with Gasteiger partial charge in [0.05, 0.1) is 7.11 Å². The number of hydrogen-bond acceptors (Lipinski definition) is 2. The summed E-state index contributed by atoms with van der Waals surface area (Å²) in [4.78, 5) is 0. The van der Waals surface area contributed by atoms with Crippen LogP contribution in [0.2, 0.25) is 0 Å². The first-order chi connectivity index (χ1) is 7.67. The summed E-state index contributed by atoms with van der Waals surface area (Å²) in [6.07, 6.45) is 1.13. The van der Waals surface area contributed by atoms with Gasteiger partial charge < -0.3 is 10.1 Å². The lowest BCUT2D eigenvalue weighted by atomic mass is 10.0. The minimum Gasteiger partial charge on any atom is -0.496 e. The topological polar surface area (TPSA) is 21.3 Å². The Hall–Kier alpha value is -1.02. The largest absolute Gasteiger partial charge is 0.496 e. The third kappa shape index (κ3) is 3.86. The first kappa shape index (κ1) is 13.0. The zero-order valence-electron chi connectivity index (χ0n) is 10.8. The summed E-state index contributed by atoms with van der Waals surface area (Å²) >= 11 is 0. The average molecular weight is 221 g/mol. The van der Waals surface area contributed by atoms with E-state index in [9.17, 15) is 0 Å². The SMILES string of the molecule is CCNCc1cc(CC(C)C)ccc1OC. The first-order valence-electron chi connectivity index (χ1n) is 6.03. The summed E-state index contributed by atoms with van der Waals surface area (Å²) in [5.41, 5.74) is 2.64. The number of rotatable bonds is 6. The predicted octanol–water partition coefficient (Wildman–Crippen LogP) is 3.00. The molecule has 0 spiro atoms. The molecular weight excluding hydrogens is 198 g/mol. The van der Waals surface area contributed by atoms with E-state index in [4.69, 9.17) is 4.74 Å². The highest BCUT2D eigenvalue weighted by atomic mass is 16.5. The van der Waals surface area contributed by atoms with Gasteiger partial charge in [-0.15, -0.1) is 0 Å². The van der Waals surface area contributed by atoms with Crippen molar-refractivity contribution in [1.29, 1.82) is 0 Å². The van der Waals surface area contributed by atoms with E-state index in [0.717, 1.165) is 25.3 Å². The second-order valence-corrected chi connectivity index (χ2v) is 4.52.